The predicted molar refractivity (Wildman–Crippen MR) is 70.9 cm³/mol. The smallest absolute Gasteiger partial charge is 0.211 e. The normalized spacial score (nSPS) is 13.6. The molecular formula is C12H18ClNO2S. The van der Waals surface area contributed by atoms with Crippen molar-refractivity contribution in [2.45, 2.75) is 37.0 Å². The Morgan fingerprint density at radius 2 is 2.00 bits per heavy atom. The molecular weight excluding hydrogens is 258 g/mol. The number of halogens is 1. The molecule has 0 radical (unpaired) electrons. The van der Waals surface area contributed by atoms with E-state index in [2.05, 4.69) is 4.72 Å². The van der Waals surface area contributed by atoms with Gasteiger partial charge in [0.1, 0.15) is 0 Å². The van der Waals surface area contributed by atoms with Gasteiger partial charge in [0, 0.05) is 11.9 Å². The van der Waals surface area contributed by atoms with Gasteiger partial charge in [-0.25, -0.2) is 13.1 Å². The number of alkyl halides is 1. The van der Waals surface area contributed by atoms with Gasteiger partial charge in [-0.2, -0.15) is 0 Å². The minimum Gasteiger partial charge on any atom is -0.211 e. The molecule has 0 spiro atoms. The number of nitrogens with one attached hydrogen (secondary N) is 1. The average Bonchev–Trinajstić information content (AvgIpc) is 2.26. The molecule has 3 nitrogen and oxygen atoms in total. The lowest BCUT2D eigenvalue weighted by Crippen LogP contribution is -2.25. The zero-order valence-corrected chi connectivity index (χ0v) is 11.7. The zero-order chi connectivity index (χ0) is 12.9. The summed E-state index contributed by atoms with van der Waals surface area (Å²) in [5.41, 5.74) is 0.763. The summed E-state index contributed by atoms with van der Waals surface area (Å²) in [7, 11) is -3.41. The highest BCUT2D eigenvalue weighted by molar-refractivity contribution is 7.89. The van der Waals surface area contributed by atoms with Crippen LogP contribution in [0.3, 0.4) is 0 Å². The third-order valence-electron chi connectivity index (χ3n) is 2.31. The van der Waals surface area contributed by atoms with E-state index in [0.717, 1.165) is 12.0 Å². The van der Waals surface area contributed by atoms with Crippen LogP contribution in [-0.4, -0.2) is 20.3 Å². The lowest BCUT2D eigenvalue weighted by Gasteiger charge is -2.11. The quantitative estimate of drug-likeness (QED) is 0.811. The second kappa shape index (κ2) is 6.38. The standard InChI is InChI=1S/C12H18ClNO2S/c1-3-8-14-17(15,16)12-7-5-4-6-11(12)9-10(2)13/h4-7,10,14H,3,8-9H2,1-2H3. The molecule has 96 valence electrons. The Kier molecular flexibility index (Phi) is 5.43. The van der Waals surface area contributed by atoms with E-state index in [1.54, 1.807) is 18.2 Å². The third kappa shape index (κ3) is 4.30. The van der Waals surface area contributed by atoms with E-state index in [1.807, 2.05) is 19.9 Å². The maximum Gasteiger partial charge on any atom is 0.240 e. The summed E-state index contributed by atoms with van der Waals surface area (Å²) in [6, 6.07) is 6.97. The average molecular weight is 276 g/mol. The van der Waals surface area contributed by atoms with E-state index in [-0.39, 0.29) is 5.38 Å². The van der Waals surface area contributed by atoms with Gasteiger partial charge in [-0.05, 0) is 31.4 Å². The molecule has 0 aliphatic carbocycles. The SMILES string of the molecule is CCCNS(=O)(=O)c1ccccc1CC(C)Cl. The van der Waals surface area contributed by atoms with Crippen molar-refractivity contribution in [3.05, 3.63) is 29.8 Å². The second-order valence-corrected chi connectivity index (χ2v) is 6.47. The second-order valence-electron chi connectivity index (χ2n) is 3.99. The van der Waals surface area contributed by atoms with E-state index in [1.165, 1.54) is 0 Å². The topological polar surface area (TPSA) is 46.2 Å². The van der Waals surface area contributed by atoms with Crippen LogP contribution in [0.4, 0.5) is 0 Å². The van der Waals surface area contributed by atoms with Crippen LogP contribution < -0.4 is 4.72 Å². The Morgan fingerprint density at radius 3 is 2.59 bits per heavy atom. The van der Waals surface area contributed by atoms with Crippen molar-refractivity contribution in [2.75, 3.05) is 6.54 Å². The van der Waals surface area contributed by atoms with Crippen molar-refractivity contribution in [1.82, 2.24) is 4.72 Å². The summed E-state index contributed by atoms with van der Waals surface area (Å²) >= 11 is 5.92. The van der Waals surface area contributed by atoms with Crippen LogP contribution in [0.2, 0.25) is 0 Å². The first-order valence-corrected chi connectivity index (χ1v) is 7.61. The van der Waals surface area contributed by atoms with Crippen LogP contribution in [0.15, 0.2) is 29.2 Å². The molecule has 0 fully saturated rings. The third-order valence-corrected chi connectivity index (χ3v) is 4.02. The first-order chi connectivity index (χ1) is 7.97. The van der Waals surface area contributed by atoms with Crippen LogP contribution in [0, 0.1) is 0 Å². The van der Waals surface area contributed by atoms with Gasteiger partial charge in [0.25, 0.3) is 0 Å². The van der Waals surface area contributed by atoms with Gasteiger partial charge in [-0.15, -0.1) is 11.6 Å². The molecule has 1 aromatic carbocycles. The molecule has 0 saturated carbocycles. The molecule has 5 heteroatoms. The Bertz CT molecular complexity index is 457. The van der Waals surface area contributed by atoms with Crippen LogP contribution >= 0.6 is 11.6 Å². The predicted octanol–water partition coefficient (Wildman–Crippen LogP) is 2.54. The highest BCUT2D eigenvalue weighted by atomic mass is 35.5. The highest BCUT2D eigenvalue weighted by Gasteiger charge is 2.17. The summed E-state index contributed by atoms with van der Waals surface area (Å²) in [4.78, 5) is 0.334. The van der Waals surface area contributed by atoms with E-state index in [0.29, 0.717) is 17.9 Å². The number of benzene rings is 1. The Balaban J connectivity index is 3.04. The van der Waals surface area contributed by atoms with Crippen molar-refractivity contribution in [3.63, 3.8) is 0 Å². The summed E-state index contributed by atoms with van der Waals surface area (Å²) in [6.07, 6.45) is 1.32. The van der Waals surface area contributed by atoms with Gasteiger partial charge in [0.15, 0.2) is 0 Å². The van der Waals surface area contributed by atoms with Gasteiger partial charge in [-0.3, -0.25) is 0 Å². The highest BCUT2D eigenvalue weighted by Crippen LogP contribution is 2.18. The van der Waals surface area contributed by atoms with Crippen molar-refractivity contribution >= 4 is 21.6 Å². The number of hydrogen-bond donors (Lipinski definition) is 1. The molecule has 1 rings (SSSR count). The van der Waals surface area contributed by atoms with Crippen molar-refractivity contribution in [1.29, 1.82) is 0 Å². The summed E-state index contributed by atoms with van der Waals surface area (Å²) in [5.74, 6) is 0. The Morgan fingerprint density at radius 1 is 1.35 bits per heavy atom. The van der Waals surface area contributed by atoms with E-state index in [9.17, 15) is 8.42 Å². The van der Waals surface area contributed by atoms with Gasteiger partial charge in [0.2, 0.25) is 10.0 Å². The van der Waals surface area contributed by atoms with Crippen LogP contribution in [0.25, 0.3) is 0 Å². The number of hydrogen-bond acceptors (Lipinski definition) is 2. The van der Waals surface area contributed by atoms with Crippen molar-refractivity contribution < 1.29 is 8.42 Å². The molecule has 0 saturated heterocycles. The van der Waals surface area contributed by atoms with Gasteiger partial charge >= 0.3 is 0 Å². The molecule has 1 atom stereocenters. The van der Waals surface area contributed by atoms with E-state index < -0.39 is 10.0 Å². The molecule has 0 aliphatic heterocycles. The summed E-state index contributed by atoms with van der Waals surface area (Å²) in [6.45, 7) is 4.23. The Labute approximate surface area is 108 Å². The van der Waals surface area contributed by atoms with Crippen LogP contribution in [-0.2, 0) is 16.4 Å². The zero-order valence-electron chi connectivity index (χ0n) is 10.1. The molecule has 1 aromatic rings. The number of sulfonamides is 1. The van der Waals surface area contributed by atoms with Crippen molar-refractivity contribution in [3.8, 4) is 0 Å². The largest absolute Gasteiger partial charge is 0.240 e. The molecule has 1 unspecified atom stereocenters. The fourth-order valence-corrected chi connectivity index (χ4v) is 3.10. The van der Waals surface area contributed by atoms with E-state index in [4.69, 9.17) is 11.6 Å². The maximum absolute atomic E-state index is 12.0. The molecule has 0 heterocycles. The molecule has 0 aliphatic rings. The first kappa shape index (κ1) is 14.5. The fraction of sp³-hybridized carbons (Fsp3) is 0.500. The van der Waals surface area contributed by atoms with Gasteiger partial charge in [-0.1, -0.05) is 25.1 Å². The summed E-state index contributed by atoms with van der Waals surface area (Å²) < 4.78 is 26.6. The molecule has 0 aromatic heterocycles. The van der Waals surface area contributed by atoms with Crippen molar-refractivity contribution in [2.24, 2.45) is 0 Å². The molecule has 0 amide bonds. The monoisotopic (exact) mass is 275 g/mol. The number of rotatable bonds is 6. The van der Waals surface area contributed by atoms with Gasteiger partial charge in [0.05, 0.1) is 4.90 Å². The Hall–Kier alpha value is -0.580. The first-order valence-electron chi connectivity index (χ1n) is 5.69. The lowest BCUT2D eigenvalue weighted by molar-refractivity contribution is 0.579. The molecule has 1 N–H and O–H groups in total. The molecule has 17 heavy (non-hydrogen) atoms. The molecule has 0 bridgehead atoms. The van der Waals surface area contributed by atoms with Gasteiger partial charge < -0.3 is 0 Å². The minimum absolute atomic E-state index is 0.0856. The fourth-order valence-electron chi connectivity index (χ4n) is 1.55. The lowest BCUT2D eigenvalue weighted by atomic mass is 10.1. The summed E-state index contributed by atoms with van der Waals surface area (Å²) in [5, 5.41) is -0.0856. The maximum atomic E-state index is 12.0. The van der Waals surface area contributed by atoms with Crippen LogP contribution in [0.1, 0.15) is 25.8 Å². The van der Waals surface area contributed by atoms with Crippen LogP contribution in [0.5, 0.6) is 0 Å². The minimum atomic E-state index is -3.41. The van der Waals surface area contributed by atoms with E-state index >= 15 is 0 Å².